The second-order valence-corrected chi connectivity index (χ2v) is 6.85. The highest BCUT2D eigenvalue weighted by Gasteiger charge is 2.29. The molecule has 0 unspecified atom stereocenters. The van der Waals surface area contributed by atoms with Gasteiger partial charge >= 0.3 is 0 Å². The zero-order valence-corrected chi connectivity index (χ0v) is 14.9. The number of hydrogen-bond donors (Lipinski definition) is 1. The summed E-state index contributed by atoms with van der Waals surface area (Å²) in [7, 11) is 0. The average molecular weight is 324 g/mol. The molecule has 0 atom stereocenters. The summed E-state index contributed by atoms with van der Waals surface area (Å²) in [6.07, 6.45) is 3.80. The van der Waals surface area contributed by atoms with E-state index in [0.717, 1.165) is 44.6 Å². The number of amides is 1. The van der Waals surface area contributed by atoms with Gasteiger partial charge in [-0.25, -0.2) is 0 Å². The number of nitrogens with zero attached hydrogens (tertiary/aromatic N) is 3. The minimum absolute atomic E-state index is 0.182. The Morgan fingerprint density at radius 3 is 2.41 bits per heavy atom. The van der Waals surface area contributed by atoms with Crippen molar-refractivity contribution in [2.75, 3.05) is 13.1 Å². The van der Waals surface area contributed by atoms with Crippen LogP contribution in [-0.4, -0.2) is 38.7 Å². The lowest BCUT2D eigenvalue weighted by molar-refractivity contribution is -0.136. The monoisotopic (exact) mass is 324 g/mol. The Labute approximate surface area is 138 Å². The number of piperidine rings is 1. The quantitative estimate of drug-likeness (QED) is 0.841. The fraction of sp³-hybridized carbons (Fsp3) is 0.812. The summed E-state index contributed by atoms with van der Waals surface area (Å²) >= 11 is 5.33. The summed E-state index contributed by atoms with van der Waals surface area (Å²) < 4.78 is 2.80. The van der Waals surface area contributed by atoms with Crippen LogP contribution in [-0.2, 0) is 4.79 Å². The van der Waals surface area contributed by atoms with E-state index < -0.39 is 0 Å². The van der Waals surface area contributed by atoms with Gasteiger partial charge < -0.3 is 9.47 Å². The van der Waals surface area contributed by atoms with Crippen molar-refractivity contribution in [3.63, 3.8) is 0 Å². The fourth-order valence-electron chi connectivity index (χ4n) is 3.36. The highest BCUT2D eigenvalue weighted by molar-refractivity contribution is 7.71. The van der Waals surface area contributed by atoms with E-state index in [1.54, 1.807) is 0 Å². The van der Waals surface area contributed by atoms with E-state index in [4.69, 9.17) is 12.2 Å². The van der Waals surface area contributed by atoms with E-state index in [1.165, 1.54) is 0 Å². The summed E-state index contributed by atoms with van der Waals surface area (Å²) in [4.78, 5) is 14.5. The molecule has 1 fully saturated rings. The minimum Gasteiger partial charge on any atom is -0.342 e. The van der Waals surface area contributed by atoms with Crippen LogP contribution in [0, 0.1) is 10.7 Å². The SMILES string of the molecule is CCC(CC)C(=O)N1CCC(c2n[nH]c(=S)n2C(C)C)CC1. The van der Waals surface area contributed by atoms with Gasteiger partial charge in [-0.2, -0.15) is 5.10 Å². The Kier molecular flexibility index (Phi) is 5.78. The predicted molar refractivity (Wildman–Crippen MR) is 90.4 cm³/mol. The topological polar surface area (TPSA) is 53.9 Å². The van der Waals surface area contributed by atoms with Crippen molar-refractivity contribution in [3.05, 3.63) is 10.6 Å². The van der Waals surface area contributed by atoms with Crippen molar-refractivity contribution in [2.45, 2.75) is 65.3 Å². The molecule has 22 heavy (non-hydrogen) atoms. The van der Waals surface area contributed by atoms with Crippen molar-refractivity contribution in [2.24, 2.45) is 5.92 Å². The van der Waals surface area contributed by atoms with Crippen molar-refractivity contribution < 1.29 is 4.79 Å². The number of likely N-dealkylation sites (tertiary alicyclic amines) is 1. The van der Waals surface area contributed by atoms with Crippen molar-refractivity contribution in [1.29, 1.82) is 0 Å². The maximum atomic E-state index is 12.5. The van der Waals surface area contributed by atoms with Gasteiger partial charge in [0.1, 0.15) is 5.82 Å². The molecule has 0 radical (unpaired) electrons. The zero-order chi connectivity index (χ0) is 16.3. The molecule has 0 aliphatic carbocycles. The fourth-order valence-corrected chi connectivity index (χ4v) is 3.71. The number of aromatic amines is 1. The molecule has 1 N–H and O–H groups in total. The number of aromatic nitrogens is 3. The van der Waals surface area contributed by atoms with E-state index in [2.05, 4.69) is 42.5 Å². The number of hydrogen-bond acceptors (Lipinski definition) is 3. The summed E-state index contributed by atoms with van der Waals surface area (Å²) in [5.74, 6) is 1.95. The second kappa shape index (κ2) is 7.40. The van der Waals surface area contributed by atoms with E-state index in [-0.39, 0.29) is 5.92 Å². The first-order valence-corrected chi connectivity index (χ1v) is 8.85. The molecule has 1 amide bonds. The van der Waals surface area contributed by atoms with E-state index in [0.29, 0.717) is 22.6 Å². The second-order valence-electron chi connectivity index (χ2n) is 6.46. The molecule has 1 aliphatic rings. The van der Waals surface area contributed by atoms with Crippen molar-refractivity contribution >= 4 is 18.1 Å². The Morgan fingerprint density at radius 1 is 1.32 bits per heavy atom. The van der Waals surface area contributed by atoms with Gasteiger partial charge in [-0.3, -0.25) is 9.89 Å². The number of carbonyl (C=O) groups excluding carboxylic acids is 1. The van der Waals surface area contributed by atoms with E-state index in [9.17, 15) is 4.79 Å². The molecule has 6 heteroatoms. The lowest BCUT2D eigenvalue weighted by Crippen LogP contribution is -2.41. The van der Waals surface area contributed by atoms with Crippen LogP contribution in [0.15, 0.2) is 0 Å². The molecule has 0 saturated carbocycles. The highest BCUT2D eigenvalue weighted by atomic mass is 32.1. The number of H-pyrrole nitrogens is 1. The smallest absolute Gasteiger partial charge is 0.225 e. The van der Waals surface area contributed by atoms with Gasteiger partial charge in [-0.05, 0) is 51.7 Å². The maximum absolute atomic E-state index is 12.5. The van der Waals surface area contributed by atoms with Gasteiger partial charge in [0.05, 0.1) is 0 Å². The molecule has 124 valence electrons. The van der Waals surface area contributed by atoms with Crippen LogP contribution in [0.4, 0.5) is 0 Å². The summed E-state index contributed by atoms with van der Waals surface area (Å²) in [5, 5.41) is 7.36. The molecule has 2 heterocycles. The largest absolute Gasteiger partial charge is 0.342 e. The summed E-state index contributed by atoms with van der Waals surface area (Å²) in [6.45, 7) is 10.1. The molecule has 5 nitrogen and oxygen atoms in total. The molecule has 1 saturated heterocycles. The third-order valence-corrected chi connectivity index (χ3v) is 5.04. The first kappa shape index (κ1) is 17.2. The Morgan fingerprint density at radius 2 is 1.91 bits per heavy atom. The average Bonchev–Trinajstić information content (AvgIpc) is 2.90. The molecule has 1 aliphatic heterocycles. The molecular weight excluding hydrogens is 296 g/mol. The first-order valence-electron chi connectivity index (χ1n) is 8.45. The van der Waals surface area contributed by atoms with Gasteiger partial charge in [0, 0.05) is 31.0 Å². The van der Waals surface area contributed by atoms with Crippen molar-refractivity contribution in [1.82, 2.24) is 19.7 Å². The molecule has 1 aromatic heterocycles. The van der Waals surface area contributed by atoms with E-state index >= 15 is 0 Å². The number of carbonyl (C=O) groups is 1. The van der Waals surface area contributed by atoms with Crippen LogP contribution in [0.3, 0.4) is 0 Å². The van der Waals surface area contributed by atoms with Crippen LogP contribution < -0.4 is 0 Å². The molecule has 1 aromatic rings. The molecule has 0 spiro atoms. The van der Waals surface area contributed by atoms with E-state index in [1.807, 2.05) is 4.90 Å². The summed E-state index contributed by atoms with van der Waals surface area (Å²) in [6, 6.07) is 0.311. The third kappa shape index (κ3) is 3.42. The number of nitrogens with one attached hydrogen (secondary N) is 1. The molecular formula is C16H28N4OS. The van der Waals surface area contributed by atoms with Crippen LogP contribution in [0.25, 0.3) is 0 Å². The lowest BCUT2D eigenvalue weighted by Gasteiger charge is -2.34. The third-order valence-electron chi connectivity index (χ3n) is 4.75. The zero-order valence-electron chi connectivity index (χ0n) is 14.1. The lowest BCUT2D eigenvalue weighted by atomic mass is 9.93. The molecule has 0 aromatic carbocycles. The minimum atomic E-state index is 0.182. The molecule has 2 rings (SSSR count). The van der Waals surface area contributed by atoms with Gasteiger partial charge in [0.25, 0.3) is 0 Å². The summed E-state index contributed by atoms with van der Waals surface area (Å²) in [5.41, 5.74) is 0. The van der Waals surface area contributed by atoms with Crippen molar-refractivity contribution in [3.8, 4) is 0 Å². The highest BCUT2D eigenvalue weighted by Crippen LogP contribution is 2.29. The normalized spacial score (nSPS) is 16.7. The van der Waals surface area contributed by atoms with Crippen LogP contribution in [0.2, 0.25) is 0 Å². The number of rotatable bonds is 5. The maximum Gasteiger partial charge on any atom is 0.225 e. The first-order chi connectivity index (χ1) is 10.5. The van der Waals surface area contributed by atoms with Crippen LogP contribution in [0.5, 0.6) is 0 Å². The van der Waals surface area contributed by atoms with Gasteiger partial charge in [0.2, 0.25) is 5.91 Å². The van der Waals surface area contributed by atoms with Gasteiger partial charge in [0.15, 0.2) is 4.77 Å². The van der Waals surface area contributed by atoms with Crippen LogP contribution in [0.1, 0.15) is 71.2 Å². The standard InChI is InChI=1S/C16H28N4OS/c1-5-12(6-2)15(21)19-9-7-13(8-10-19)14-17-18-16(22)20(14)11(3)4/h11-13H,5-10H2,1-4H3,(H,18,22). The van der Waals surface area contributed by atoms with Crippen LogP contribution >= 0.6 is 12.2 Å². The Bertz CT molecular complexity index is 551. The molecule has 0 bridgehead atoms. The Hall–Kier alpha value is -1.17. The van der Waals surface area contributed by atoms with Gasteiger partial charge in [-0.1, -0.05) is 13.8 Å². The van der Waals surface area contributed by atoms with Gasteiger partial charge in [-0.15, -0.1) is 0 Å². The predicted octanol–water partition coefficient (Wildman–Crippen LogP) is 3.66. The Balaban J connectivity index is 2.04.